The van der Waals surface area contributed by atoms with Crippen molar-refractivity contribution in [1.82, 2.24) is 0 Å². The molecule has 0 aliphatic rings. The van der Waals surface area contributed by atoms with Gasteiger partial charge in [0.25, 0.3) is 0 Å². The SMILES string of the molecule is C=C(C(N)=NC(N)CN)c1cc(Cl)cc(Cl)c1Cl. The van der Waals surface area contributed by atoms with Crippen LogP contribution in [0.2, 0.25) is 15.1 Å². The molecule has 1 aromatic carbocycles. The second-order valence-electron chi connectivity index (χ2n) is 3.55. The number of hydrogen-bond donors (Lipinski definition) is 3. The van der Waals surface area contributed by atoms with E-state index >= 15 is 0 Å². The summed E-state index contributed by atoms with van der Waals surface area (Å²) in [7, 11) is 0. The first-order valence-corrected chi connectivity index (χ1v) is 6.13. The van der Waals surface area contributed by atoms with Gasteiger partial charge in [0, 0.05) is 22.7 Å². The number of hydrogen-bond acceptors (Lipinski definition) is 3. The Morgan fingerprint density at radius 2 is 1.94 bits per heavy atom. The first kappa shape index (κ1) is 15.3. The van der Waals surface area contributed by atoms with E-state index in [1.54, 1.807) is 6.07 Å². The van der Waals surface area contributed by atoms with Gasteiger partial charge in [-0.05, 0) is 12.1 Å². The van der Waals surface area contributed by atoms with Crippen molar-refractivity contribution in [3.8, 4) is 0 Å². The average Bonchev–Trinajstić information content (AvgIpc) is 2.32. The Hall–Kier alpha value is -0.780. The summed E-state index contributed by atoms with van der Waals surface area (Å²) in [6.07, 6.45) is -0.588. The number of nitrogens with zero attached hydrogens (tertiary/aromatic N) is 1. The van der Waals surface area contributed by atoms with Crippen molar-refractivity contribution in [2.24, 2.45) is 22.2 Å². The zero-order chi connectivity index (χ0) is 13.9. The van der Waals surface area contributed by atoms with Gasteiger partial charge in [0.2, 0.25) is 0 Å². The van der Waals surface area contributed by atoms with Crippen molar-refractivity contribution in [1.29, 1.82) is 0 Å². The minimum Gasteiger partial charge on any atom is -0.383 e. The third-order valence-corrected chi connectivity index (χ3v) is 3.19. The first-order chi connectivity index (χ1) is 8.36. The van der Waals surface area contributed by atoms with Gasteiger partial charge in [-0.2, -0.15) is 0 Å². The molecule has 1 rings (SSSR count). The van der Waals surface area contributed by atoms with E-state index in [2.05, 4.69) is 11.6 Å². The molecule has 1 unspecified atom stereocenters. The highest BCUT2D eigenvalue weighted by molar-refractivity contribution is 6.45. The van der Waals surface area contributed by atoms with Gasteiger partial charge in [0.15, 0.2) is 0 Å². The maximum atomic E-state index is 6.06. The molecular formula is C11H13Cl3N4. The van der Waals surface area contributed by atoms with Crippen molar-refractivity contribution in [2.75, 3.05) is 6.54 Å². The monoisotopic (exact) mass is 306 g/mol. The lowest BCUT2D eigenvalue weighted by molar-refractivity contribution is 0.720. The lowest BCUT2D eigenvalue weighted by Crippen LogP contribution is -2.30. The molecule has 0 aliphatic heterocycles. The highest BCUT2D eigenvalue weighted by Gasteiger charge is 2.13. The normalized spacial score (nSPS) is 13.5. The van der Waals surface area contributed by atoms with Crippen LogP contribution in [0.15, 0.2) is 23.7 Å². The Balaban J connectivity index is 3.15. The van der Waals surface area contributed by atoms with Gasteiger partial charge in [-0.25, -0.2) is 4.99 Å². The van der Waals surface area contributed by atoms with Crippen molar-refractivity contribution < 1.29 is 0 Å². The highest BCUT2D eigenvalue weighted by Crippen LogP contribution is 2.33. The highest BCUT2D eigenvalue weighted by atomic mass is 35.5. The molecule has 0 saturated heterocycles. The molecular weight excluding hydrogens is 295 g/mol. The van der Waals surface area contributed by atoms with Crippen molar-refractivity contribution >= 4 is 46.2 Å². The second kappa shape index (κ2) is 6.41. The number of nitrogens with two attached hydrogens (primary N) is 3. The first-order valence-electron chi connectivity index (χ1n) is 5.00. The van der Waals surface area contributed by atoms with Crippen LogP contribution >= 0.6 is 34.8 Å². The maximum absolute atomic E-state index is 6.06. The van der Waals surface area contributed by atoms with Crippen LogP contribution in [0.4, 0.5) is 0 Å². The maximum Gasteiger partial charge on any atom is 0.127 e. The fraction of sp³-hybridized carbons (Fsp3) is 0.182. The summed E-state index contributed by atoms with van der Waals surface area (Å²) in [6.45, 7) is 3.98. The predicted molar refractivity (Wildman–Crippen MR) is 79.2 cm³/mol. The van der Waals surface area contributed by atoms with Gasteiger partial charge in [-0.1, -0.05) is 41.4 Å². The molecule has 4 nitrogen and oxygen atoms in total. The van der Waals surface area contributed by atoms with Gasteiger partial charge in [0.1, 0.15) is 12.0 Å². The molecule has 0 bridgehead atoms. The smallest absolute Gasteiger partial charge is 0.127 e. The summed E-state index contributed by atoms with van der Waals surface area (Å²) in [6, 6.07) is 3.13. The van der Waals surface area contributed by atoms with E-state index < -0.39 is 6.17 Å². The van der Waals surface area contributed by atoms with Crippen LogP contribution < -0.4 is 17.2 Å². The van der Waals surface area contributed by atoms with Gasteiger partial charge >= 0.3 is 0 Å². The van der Waals surface area contributed by atoms with E-state index in [-0.39, 0.29) is 12.4 Å². The molecule has 98 valence electrons. The molecule has 0 heterocycles. The molecule has 7 heteroatoms. The van der Waals surface area contributed by atoms with E-state index in [0.29, 0.717) is 26.2 Å². The third kappa shape index (κ3) is 3.60. The summed E-state index contributed by atoms with van der Waals surface area (Å²) < 4.78 is 0. The standard InChI is InChI=1S/C11H13Cl3N4/c1-5(11(17)18-9(16)4-15)7-2-6(12)3-8(13)10(7)14/h2-3,9H,1,4,15-16H2,(H2,17,18). The summed E-state index contributed by atoms with van der Waals surface area (Å²) in [5.74, 6) is 0.146. The zero-order valence-electron chi connectivity index (χ0n) is 9.46. The largest absolute Gasteiger partial charge is 0.383 e. The Bertz CT molecular complexity index is 499. The predicted octanol–water partition coefficient (Wildman–Crippen LogP) is 2.26. The van der Waals surface area contributed by atoms with E-state index in [0.717, 1.165) is 0 Å². The number of amidine groups is 1. The molecule has 0 spiro atoms. The number of rotatable bonds is 4. The third-order valence-electron chi connectivity index (χ3n) is 2.17. The van der Waals surface area contributed by atoms with Gasteiger partial charge in [0.05, 0.1) is 10.0 Å². The topological polar surface area (TPSA) is 90.4 Å². The molecule has 0 aliphatic carbocycles. The van der Waals surface area contributed by atoms with E-state index in [1.807, 2.05) is 0 Å². The summed E-state index contributed by atoms with van der Waals surface area (Å²) in [5, 5.41) is 1.05. The molecule has 0 amide bonds. The van der Waals surface area contributed by atoms with Crippen LogP contribution in [0.1, 0.15) is 5.56 Å². The number of benzene rings is 1. The average molecular weight is 308 g/mol. The molecule has 0 radical (unpaired) electrons. The molecule has 6 N–H and O–H groups in total. The van der Waals surface area contributed by atoms with Crippen LogP contribution in [0, 0.1) is 0 Å². The molecule has 1 atom stereocenters. The fourth-order valence-corrected chi connectivity index (χ4v) is 1.94. The van der Waals surface area contributed by atoms with E-state index in [4.69, 9.17) is 52.0 Å². The van der Waals surface area contributed by atoms with Crippen LogP contribution in [0.3, 0.4) is 0 Å². The fourth-order valence-electron chi connectivity index (χ4n) is 1.22. The Labute approximate surface area is 120 Å². The van der Waals surface area contributed by atoms with Crippen LogP contribution in [-0.2, 0) is 0 Å². The number of aliphatic imine (C=N–C) groups is 1. The molecule has 18 heavy (non-hydrogen) atoms. The lowest BCUT2D eigenvalue weighted by Gasteiger charge is -2.11. The van der Waals surface area contributed by atoms with Crippen molar-refractivity contribution in [2.45, 2.75) is 6.17 Å². The summed E-state index contributed by atoms with van der Waals surface area (Å²) in [5.41, 5.74) is 17.6. The lowest BCUT2D eigenvalue weighted by atomic mass is 10.1. The Morgan fingerprint density at radius 1 is 1.33 bits per heavy atom. The van der Waals surface area contributed by atoms with Crippen LogP contribution in [0.25, 0.3) is 5.57 Å². The van der Waals surface area contributed by atoms with Gasteiger partial charge < -0.3 is 17.2 Å². The number of halogens is 3. The quantitative estimate of drug-likeness (QED) is 0.453. The van der Waals surface area contributed by atoms with Crippen molar-refractivity contribution in [3.05, 3.63) is 39.3 Å². The Morgan fingerprint density at radius 3 is 2.50 bits per heavy atom. The summed E-state index contributed by atoms with van der Waals surface area (Å²) >= 11 is 17.9. The molecule has 1 aromatic rings. The molecule has 0 saturated carbocycles. The van der Waals surface area contributed by atoms with Crippen LogP contribution in [0.5, 0.6) is 0 Å². The van der Waals surface area contributed by atoms with Crippen LogP contribution in [-0.4, -0.2) is 18.5 Å². The van der Waals surface area contributed by atoms with E-state index in [1.165, 1.54) is 6.07 Å². The molecule has 0 fully saturated rings. The van der Waals surface area contributed by atoms with Gasteiger partial charge in [-0.15, -0.1) is 0 Å². The Kier molecular flexibility index (Phi) is 5.44. The minimum atomic E-state index is -0.588. The van der Waals surface area contributed by atoms with Gasteiger partial charge in [-0.3, -0.25) is 0 Å². The summed E-state index contributed by atoms with van der Waals surface area (Å²) in [4.78, 5) is 3.98. The minimum absolute atomic E-state index is 0.146. The zero-order valence-corrected chi connectivity index (χ0v) is 11.7. The molecule has 0 aromatic heterocycles. The second-order valence-corrected chi connectivity index (χ2v) is 4.77. The van der Waals surface area contributed by atoms with Crippen molar-refractivity contribution in [3.63, 3.8) is 0 Å². The van der Waals surface area contributed by atoms with E-state index in [9.17, 15) is 0 Å².